The van der Waals surface area contributed by atoms with Gasteiger partial charge in [-0.1, -0.05) is 6.07 Å². The Bertz CT molecular complexity index is 428. The molecule has 2 rings (SSSR count). The molecule has 5 heteroatoms. The average Bonchev–Trinajstić information content (AvgIpc) is 2.38. The van der Waals surface area contributed by atoms with Crippen molar-refractivity contribution in [1.82, 2.24) is 10.2 Å². The minimum Gasteiger partial charge on any atom is -0.374 e. The Kier molecular flexibility index (Phi) is 4.85. The number of benzene rings is 1. The quantitative estimate of drug-likeness (QED) is 0.895. The first-order chi connectivity index (χ1) is 9.10. The van der Waals surface area contributed by atoms with Crippen LogP contribution in [0.2, 0.25) is 0 Å². The van der Waals surface area contributed by atoms with E-state index < -0.39 is 11.6 Å². The number of rotatable bonds is 4. The van der Waals surface area contributed by atoms with Crippen molar-refractivity contribution in [2.75, 3.05) is 33.8 Å². The van der Waals surface area contributed by atoms with Crippen LogP contribution in [-0.2, 0) is 11.2 Å². The van der Waals surface area contributed by atoms with Crippen LogP contribution in [0.3, 0.4) is 0 Å². The summed E-state index contributed by atoms with van der Waals surface area (Å²) in [5.74, 6) is -1.04. The topological polar surface area (TPSA) is 24.5 Å². The normalized spacial score (nSPS) is 22.4. The predicted octanol–water partition coefficient (Wildman–Crippen LogP) is 1.43. The van der Waals surface area contributed by atoms with Crippen molar-refractivity contribution in [3.05, 3.63) is 35.4 Å². The smallest absolute Gasteiger partial charge is 0.129 e. The Morgan fingerprint density at radius 3 is 2.89 bits per heavy atom. The molecule has 1 saturated heterocycles. The second kappa shape index (κ2) is 6.41. The monoisotopic (exact) mass is 270 g/mol. The molecule has 19 heavy (non-hydrogen) atoms. The van der Waals surface area contributed by atoms with Crippen LogP contribution in [0.15, 0.2) is 18.2 Å². The fourth-order valence-electron chi connectivity index (χ4n) is 2.40. The first kappa shape index (κ1) is 14.4. The van der Waals surface area contributed by atoms with Crippen molar-refractivity contribution >= 4 is 0 Å². The standard InChI is InChI=1S/C14H20F2N2O/c1-17-13(14-9-18(2)5-6-19-14)7-10-3-4-11(15)8-12(10)16/h3-4,8,13-14,17H,5-7,9H2,1-2H3. The molecular weight excluding hydrogens is 250 g/mol. The molecule has 0 spiro atoms. The number of hydrogen-bond acceptors (Lipinski definition) is 3. The summed E-state index contributed by atoms with van der Waals surface area (Å²) in [5, 5.41) is 3.17. The minimum atomic E-state index is -0.545. The Hall–Kier alpha value is -1.04. The van der Waals surface area contributed by atoms with Crippen molar-refractivity contribution < 1.29 is 13.5 Å². The predicted molar refractivity (Wildman–Crippen MR) is 70.1 cm³/mol. The number of ether oxygens (including phenoxy) is 1. The molecule has 106 valence electrons. The van der Waals surface area contributed by atoms with Crippen LogP contribution in [0.4, 0.5) is 8.78 Å². The molecule has 2 atom stereocenters. The molecule has 1 N–H and O–H groups in total. The van der Waals surface area contributed by atoms with Gasteiger partial charge in [0.25, 0.3) is 0 Å². The second-order valence-electron chi connectivity index (χ2n) is 5.01. The highest BCUT2D eigenvalue weighted by molar-refractivity contribution is 5.20. The Balaban J connectivity index is 2.05. The van der Waals surface area contributed by atoms with E-state index in [1.807, 2.05) is 14.1 Å². The first-order valence-electron chi connectivity index (χ1n) is 6.51. The first-order valence-corrected chi connectivity index (χ1v) is 6.51. The lowest BCUT2D eigenvalue weighted by Crippen LogP contribution is -2.51. The summed E-state index contributed by atoms with van der Waals surface area (Å²) < 4.78 is 32.3. The number of halogens is 2. The van der Waals surface area contributed by atoms with Gasteiger partial charge in [0.05, 0.1) is 12.7 Å². The van der Waals surface area contributed by atoms with Crippen LogP contribution in [-0.4, -0.2) is 50.8 Å². The highest BCUT2D eigenvalue weighted by atomic mass is 19.1. The molecule has 1 fully saturated rings. The minimum absolute atomic E-state index is 0.0164. The third kappa shape index (κ3) is 3.72. The van der Waals surface area contributed by atoms with Gasteiger partial charge in [-0.3, -0.25) is 0 Å². The number of morpholine rings is 1. The van der Waals surface area contributed by atoms with Gasteiger partial charge in [-0.2, -0.15) is 0 Å². The van der Waals surface area contributed by atoms with E-state index in [-0.39, 0.29) is 12.1 Å². The Labute approximate surface area is 112 Å². The van der Waals surface area contributed by atoms with E-state index in [9.17, 15) is 8.78 Å². The molecule has 0 saturated carbocycles. The SMILES string of the molecule is CNC(Cc1ccc(F)cc1F)C1CN(C)CCO1. The molecule has 1 aliphatic rings. The van der Waals surface area contributed by atoms with E-state index in [1.165, 1.54) is 12.1 Å². The van der Waals surface area contributed by atoms with Crippen molar-refractivity contribution in [2.24, 2.45) is 0 Å². The lowest BCUT2D eigenvalue weighted by atomic mass is 9.99. The highest BCUT2D eigenvalue weighted by Crippen LogP contribution is 2.16. The molecule has 1 aliphatic heterocycles. The van der Waals surface area contributed by atoms with E-state index >= 15 is 0 Å². The van der Waals surface area contributed by atoms with Crippen LogP contribution in [0.1, 0.15) is 5.56 Å². The van der Waals surface area contributed by atoms with Gasteiger partial charge in [0, 0.05) is 25.2 Å². The van der Waals surface area contributed by atoms with Crippen LogP contribution in [0, 0.1) is 11.6 Å². The fraction of sp³-hybridized carbons (Fsp3) is 0.571. The van der Waals surface area contributed by atoms with Gasteiger partial charge in [-0.15, -0.1) is 0 Å². The van der Waals surface area contributed by atoms with Crippen LogP contribution in [0.25, 0.3) is 0 Å². The number of nitrogens with one attached hydrogen (secondary N) is 1. The van der Waals surface area contributed by atoms with Crippen LogP contribution < -0.4 is 5.32 Å². The molecule has 2 unspecified atom stereocenters. The largest absolute Gasteiger partial charge is 0.374 e. The summed E-state index contributed by atoms with van der Waals surface area (Å²) in [6.45, 7) is 2.41. The van der Waals surface area contributed by atoms with Crippen LogP contribution in [0.5, 0.6) is 0 Å². The van der Waals surface area contributed by atoms with Crippen molar-refractivity contribution in [2.45, 2.75) is 18.6 Å². The van der Waals surface area contributed by atoms with Gasteiger partial charge in [0.2, 0.25) is 0 Å². The molecule has 0 aromatic heterocycles. The zero-order chi connectivity index (χ0) is 13.8. The Morgan fingerprint density at radius 1 is 1.47 bits per heavy atom. The molecule has 3 nitrogen and oxygen atoms in total. The summed E-state index contributed by atoms with van der Waals surface area (Å²) >= 11 is 0. The van der Waals surface area contributed by atoms with E-state index in [4.69, 9.17) is 4.74 Å². The Morgan fingerprint density at radius 2 is 2.26 bits per heavy atom. The molecule has 0 bridgehead atoms. The maximum absolute atomic E-state index is 13.7. The summed E-state index contributed by atoms with van der Waals surface area (Å²) in [4.78, 5) is 2.19. The second-order valence-corrected chi connectivity index (χ2v) is 5.01. The molecular formula is C14H20F2N2O. The maximum atomic E-state index is 13.7. The van der Waals surface area contributed by atoms with Gasteiger partial charge in [-0.05, 0) is 32.1 Å². The molecule has 1 aromatic carbocycles. The third-order valence-corrected chi connectivity index (χ3v) is 3.57. The van der Waals surface area contributed by atoms with E-state index in [1.54, 1.807) is 0 Å². The van der Waals surface area contributed by atoms with Gasteiger partial charge in [0.15, 0.2) is 0 Å². The number of nitrogens with zero attached hydrogens (tertiary/aromatic N) is 1. The fourth-order valence-corrected chi connectivity index (χ4v) is 2.40. The highest BCUT2D eigenvalue weighted by Gasteiger charge is 2.26. The molecule has 0 aliphatic carbocycles. The molecule has 1 heterocycles. The van der Waals surface area contributed by atoms with Crippen LogP contribution >= 0.6 is 0 Å². The van der Waals surface area contributed by atoms with E-state index in [0.717, 1.165) is 19.2 Å². The third-order valence-electron chi connectivity index (χ3n) is 3.57. The zero-order valence-corrected chi connectivity index (χ0v) is 11.3. The van der Waals surface area contributed by atoms with Gasteiger partial charge in [0.1, 0.15) is 11.6 Å². The van der Waals surface area contributed by atoms with E-state index in [0.29, 0.717) is 18.6 Å². The number of likely N-dealkylation sites (N-methyl/N-ethyl adjacent to an activating group) is 2. The van der Waals surface area contributed by atoms with Crippen molar-refractivity contribution in [3.8, 4) is 0 Å². The maximum Gasteiger partial charge on any atom is 0.129 e. The van der Waals surface area contributed by atoms with Crippen molar-refractivity contribution in [1.29, 1.82) is 0 Å². The van der Waals surface area contributed by atoms with E-state index in [2.05, 4.69) is 10.2 Å². The van der Waals surface area contributed by atoms with Gasteiger partial charge < -0.3 is 15.0 Å². The summed E-state index contributed by atoms with van der Waals surface area (Å²) in [6, 6.07) is 3.74. The molecule has 1 aromatic rings. The number of hydrogen-bond donors (Lipinski definition) is 1. The van der Waals surface area contributed by atoms with Crippen molar-refractivity contribution in [3.63, 3.8) is 0 Å². The zero-order valence-electron chi connectivity index (χ0n) is 11.3. The van der Waals surface area contributed by atoms with Gasteiger partial charge in [-0.25, -0.2) is 8.78 Å². The lowest BCUT2D eigenvalue weighted by molar-refractivity contribution is -0.0373. The molecule has 0 radical (unpaired) electrons. The molecule has 0 amide bonds. The summed E-state index contributed by atoms with van der Waals surface area (Å²) in [7, 11) is 3.88. The van der Waals surface area contributed by atoms with Gasteiger partial charge >= 0.3 is 0 Å². The summed E-state index contributed by atoms with van der Waals surface area (Å²) in [6.07, 6.45) is 0.509. The lowest BCUT2D eigenvalue weighted by Gasteiger charge is -2.35. The average molecular weight is 270 g/mol. The summed E-state index contributed by atoms with van der Waals surface area (Å²) in [5.41, 5.74) is 0.512.